The molecule has 0 saturated carbocycles. The van der Waals surface area contributed by atoms with E-state index in [-0.39, 0.29) is 17.3 Å². The third-order valence-electron chi connectivity index (χ3n) is 6.12. The molecule has 0 fully saturated rings. The highest BCUT2D eigenvalue weighted by molar-refractivity contribution is 7.92. The summed E-state index contributed by atoms with van der Waals surface area (Å²) in [4.78, 5) is 27.9. The van der Waals surface area contributed by atoms with Crippen molar-refractivity contribution in [2.45, 2.75) is 45.2 Å². The minimum absolute atomic E-state index is 0.0850. The number of carbonyl (C=O) groups is 2. The summed E-state index contributed by atoms with van der Waals surface area (Å²) in [5.74, 6) is -0.811. The number of rotatable bonds is 9. The molecule has 3 rings (SSSR count). The molecule has 0 aromatic heterocycles. The van der Waals surface area contributed by atoms with Crippen LogP contribution in [0.3, 0.4) is 0 Å². The van der Waals surface area contributed by atoms with Crippen molar-refractivity contribution in [2.24, 2.45) is 0 Å². The second-order valence-electron chi connectivity index (χ2n) is 8.91. The van der Waals surface area contributed by atoms with Crippen LogP contribution in [0.5, 0.6) is 0 Å². The molecule has 7 nitrogen and oxygen atoms in total. The van der Waals surface area contributed by atoms with Crippen molar-refractivity contribution < 1.29 is 18.0 Å². The fourth-order valence-corrected chi connectivity index (χ4v) is 5.52. The summed E-state index contributed by atoms with van der Waals surface area (Å²) in [6, 6.07) is 20.3. The Bertz CT molecular complexity index is 1320. The van der Waals surface area contributed by atoms with E-state index in [1.807, 2.05) is 51.1 Å². The van der Waals surface area contributed by atoms with Crippen molar-refractivity contribution in [1.29, 1.82) is 0 Å². The lowest BCUT2D eigenvalue weighted by atomic mass is 10.1. The van der Waals surface area contributed by atoms with E-state index in [0.29, 0.717) is 5.69 Å². The topological polar surface area (TPSA) is 86.8 Å². The largest absolute Gasteiger partial charge is 0.357 e. The van der Waals surface area contributed by atoms with Gasteiger partial charge in [0.15, 0.2) is 0 Å². The highest BCUT2D eigenvalue weighted by Crippen LogP contribution is 2.26. The summed E-state index contributed by atoms with van der Waals surface area (Å²) in [7, 11) is -2.55. The van der Waals surface area contributed by atoms with Crippen LogP contribution in [0, 0.1) is 20.8 Å². The summed E-state index contributed by atoms with van der Waals surface area (Å²) in [5, 5.41) is 2.59. The van der Waals surface area contributed by atoms with E-state index in [4.69, 9.17) is 0 Å². The highest BCUT2D eigenvalue weighted by atomic mass is 32.2. The predicted molar refractivity (Wildman–Crippen MR) is 142 cm³/mol. The molecule has 0 aliphatic carbocycles. The number of carbonyl (C=O) groups excluding carboxylic acids is 2. The molecule has 0 unspecified atom stereocenters. The lowest BCUT2D eigenvalue weighted by Gasteiger charge is -2.32. The molecule has 0 spiro atoms. The standard InChI is InChI=1S/C28H33N3O4S/c1-20-15-21(2)17-25(16-20)31(36(34,35)26-13-7-6-8-14-26)19-27(32)30(23(4)28(33)29-5)18-24-12-10-9-11-22(24)3/h6-17,23H,18-19H2,1-5H3,(H,29,33)/t23-/m1/s1. The number of hydrogen-bond donors (Lipinski definition) is 1. The number of amides is 2. The van der Waals surface area contributed by atoms with Gasteiger partial charge in [-0.15, -0.1) is 0 Å². The van der Waals surface area contributed by atoms with Gasteiger partial charge >= 0.3 is 0 Å². The van der Waals surface area contributed by atoms with E-state index in [2.05, 4.69) is 5.32 Å². The van der Waals surface area contributed by atoms with E-state index in [1.54, 1.807) is 37.3 Å². The molecule has 3 aromatic rings. The minimum Gasteiger partial charge on any atom is -0.357 e. The lowest BCUT2D eigenvalue weighted by Crippen LogP contribution is -2.50. The Labute approximate surface area is 213 Å². The maximum atomic E-state index is 13.8. The Morgan fingerprint density at radius 3 is 2.06 bits per heavy atom. The first-order chi connectivity index (χ1) is 17.0. The van der Waals surface area contributed by atoms with Crippen molar-refractivity contribution >= 4 is 27.5 Å². The normalized spacial score (nSPS) is 12.0. The second-order valence-corrected chi connectivity index (χ2v) is 10.8. The van der Waals surface area contributed by atoms with Crippen LogP contribution in [0.15, 0.2) is 77.7 Å². The van der Waals surface area contributed by atoms with E-state index in [9.17, 15) is 18.0 Å². The number of sulfonamides is 1. The molecule has 190 valence electrons. The van der Waals surface area contributed by atoms with E-state index in [1.165, 1.54) is 24.1 Å². The SMILES string of the molecule is CNC(=O)[C@@H](C)N(Cc1ccccc1C)C(=O)CN(c1cc(C)cc(C)c1)S(=O)(=O)c1ccccc1. The van der Waals surface area contributed by atoms with Gasteiger partial charge in [-0.2, -0.15) is 0 Å². The molecule has 1 N–H and O–H groups in total. The van der Waals surface area contributed by atoms with Crippen LogP contribution in [-0.4, -0.2) is 44.8 Å². The Hall–Kier alpha value is -3.65. The fourth-order valence-electron chi connectivity index (χ4n) is 4.11. The zero-order valence-corrected chi connectivity index (χ0v) is 22.2. The predicted octanol–water partition coefficient (Wildman–Crippen LogP) is 3.97. The van der Waals surface area contributed by atoms with Crippen molar-refractivity contribution in [1.82, 2.24) is 10.2 Å². The molecule has 8 heteroatoms. The molecule has 3 aromatic carbocycles. The maximum Gasteiger partial charge on any atom is 0.264 e. The summed E-state index contributed by atoms with van der Waals surface area (Å²) in [6.45, 7) is 7.05. The van der Waals surface area contributed by atoms with Crippen molar-refractivity contribution in [3.8, 4) is 0 Å². The second kappa shape index (κ2) is 11.4. The maximum absolute atomic E-state index is 13.8. The average Bonchev–Trinajstić information content (AvgIpc) is 2.85. The van der Waals surface area contributed by atoms with Gasteiger partial charge < -0.3 is 10.2 Å². The molecule has 0 aliphatic rings. The summed E-state index contributed by atoms with van der Waals surface area (Å²) in [6.07, 6.45) is 0. The number of benzene rings is 3. The van der Waals surface area contributed by atoms with Gasteiger partial charge in [-0.25, -0.2) is 8.42 Å². The lowest BCUT2D eigenvalue weighted by molar-refractivity contribution is -0.139. The first-order valence-electron chi connectivity index (χ1n) is 11.8. The number of hydrogen-bond acceptors (Lipinski definition) is 4. The van der Waals surface area contributed by atoms with Crippen molar-refractivity contribution in [3.63, 3.8) is 0 Å². The van der Waals surface area contributed by atoms with E-state index in [0.717, 1.165) is 26.6 Å². The highest BCUT2D eigenvalue weighted by Gasteiger charge is 2.32. The zero-order chi connectivity index (χ0) is 26.5. The quantitative estimate of drug-likeness (QED) is 0.475. The van der Waals surface area contributed by atoms with Gasteiger partial charge in [-0.3, -0.25) is 13.9 Å². The minimum atomic E-state index is -4.06. The molecule has 0 heterocycles. The van der Waals surface area contributed by atoms with Gasteiger partial charge in [0, 0.05) is 13.6 Å². The van der Waals surface area contributed by atoms with Crippen LogP contribution in [0.1, 0.15) is 29.2 Å². The van der Waals surface area contributed by atoms with Gasteiger partial charge in [0.1, 0.15) is 12.6 Å². The van der Waals surface area contributed by atoms with E-state index < -0.39 is 28.5 Å². The first-order valence-corrected chi connectivity index (χ1v) is 13.2. The van der Waals surface area contributed by atoms with Gasteiger partial charge in [0.05, 0.1) is 10.6 Å². The van der Waals surface area contributed by atoms with Gasteiger partial charge in [0.25, 0.3) is 10.0 Å². The molecule has 0 radical (unpaired) electrons. The van der Waals surface area contributed by atoms with Crippen molar-refractivity contribution in [3.05, 3.63) is 95.1 Å². The number of nitrogens with one attached hydrogen (secondary N) is 1. The molecule has 0 bridgehead atoms. The molecule has 0 aliphatic heterocycles. The summed E-state index contributed by atoms with van der Waals surface area (Å²) < 4.78 is 28.7. The van der Waals surface area contributed by atoms with Gasteiger partial charge in [-0.1, -0.05) is 48.5 Å². The van der Waals surface area contributed by atoms with Gasteiger partial charge in [-0.05, 0) is 74.2 Å². The number of anilines is 1. The first kappa shape index (κ1) is 26.9. The molecular formula is C28H33N3O4S. The number of nitrogens with zero attached hydrogens (tertiary/aromatic N) is 2. The third-order valence-corrected chi connectivity index (χ3v) is 7.91. The Morgan fingerprint density at radius 2 is 1.47 bits per heavy atom. The van der Waals surface area contributed by atoms with Crippen LogP contribution >= 0.6 is 0 Å². The smallest absolute Gasteiger partial charge is 0.264 e. The number of aryl methyl sites for hydroxylation is 3. The van der Waals surface area contributed by atoms with Crippen LogP contribution < -0.4 is 9.62 Å². The van der Waals surface area contributed by atoms with Crippen LogP contribution in [-0.2, 0) is 26.2 Å². The van der Waals surface area contributed by atoms with Crippen LogP contribution in [0.2, 0.25) is 0 Å². The zero-order valence-electron chi connectivity index (χ0n) is 21.4. The number of likely N-dealkylation sites (N-methyl/N-ethyl adjacent to an activating group) is 1. The molecule has 1 atom stereocenters. The Balaban J connectivity index is 2.07. The molecule has 36 heavy (non-hydrogen) atoms. The fraction of sp³-hybridized carbons (Fsp3) is 0.286. The third kappa shape index (κ3) is 6.12. The molecule has 2 amide bonds. The monoisotopic (exact) mass is 507 g/mol. The van der Waals surface area contributed by atoms with Gasteiger partial charge in [0.2, 0.25) is 11.8 Å². The van der Waals surface area contributed by atoms with Crippen LogP contribution in [0.4, 0.5) is 5.69 Å². The van der Waals surface area contributed by atoms with Crippen molar-refractivity contribution in [2.75, 3.05) is 17.9 Å². The summed E-state index contributed by atoms with van der Waals surface area (Å²) in [5.41, 5.74) is 4.00. The average molecular weight is 508 g/mol. The Morgan fingerprint density at radius 1 is 0.889 bits per heavy atom. The van der Waals surface area contributed by atoms with E-state index >= 15 is 0 Å². The molecular weight excluding hydrogens is 474 g/mol. The molecule has 0 saturated heterocycles. The Kier molecular flexibility index (Phi) is 8.53. The summed E-state index contributed by atoms with van der Waals surface area (Å²) >= 11 is 0. The van der Waals surface area contributed by atoms with Crippen LogP contribution in [0.25, 0.3) is 0 Å².